The van der Waals surface area contributed by atoms with Crippen LogP contribution in [0.25, 0.3) is 0 Å². The number of halogens is 1. The second-order valence-corrected chi connectivity index (χ2v) is 7.84. The number of amides is 1. The lowest BCUT2D eigenvalue weighted by Gasteiger charge is -2.33. The highest BCUT2D eigenvalue weighted by Crippen LogP contribution is 2.24. The Morgan fingerprint density at radius 2 is 2.07 bits per heavy atom. The number of thiophene rings is 1. The molecule has 1 aromatic heterocycles. The summed E-state index contributed by atoms with van der Waals surface area (Å²) >= 11 is 1.80. The van der Waals surface area contributed by atoms with Crippen molar-refractivity contribution in [2.45, 2.75) is 25.8 Å². The molecule has 0 spiro atoms. The standard InChI is InChI=1S/C21H29N5O2S.HI/c1-16(27)24-18-5-3-6-19(15-18)28-13-10-23-21(22-2)25-17-8-11-26(12-9-17)20-7-4-14-29-20;/h3-7,14-15,17H,8-13H2,1-2H3,(H,24,27)(H2,22,23,25);1H. The number of nitrogens with zero attached hydrogens (tertiary/aromatic N) is 2. The molecule has 2 aromatic rings. The number of hydrogen-bond donors (Lipinski definition) is 3. The fourth-order valence-electron chi connectivity index (χ4n) is 3.29. The van der Waals surface area contributed by atoms with Gasteiger partial charge in [0, 0.05) is 44.9 Å². The van der Waals surface area contributed by atoms with E-state index in [1.165, 1.54) is 11.9 Å². The molecular weight excluding hydrogens is 513 g/mol. The number of ether oxygens (including phenoxy) is 1. The molecule has 0 radical (unpaired) electrons. The summed E-state index contributed by atoms with van der Waals surface area (Å²) in [4.78, 5) is 17.9. The monoisotopic (exact) mass is 543 g/mol. The molecule has 0 bridgehead atoms. The summed E-state index contributed by atoms with van der Waals surface area (Å²) < 4.78 is 5.77. The number of carbonyl (C=O) groups is 1. The summed E-state index contributed by atoms with van der Waals surface area (Å²) in [5, 5.41) is 13.1. The van der Waals surface area contributed by atoms with Crippen molar-refractivity contribution in [3.05, 3.63) is 41.8 Å². The molecule has 1 amide bonds. The van der Waals surface area contributed by atoms with Gasteiger partial charge in [0.1, 0.15) is 12.4 Å². The molecule has 3 rings (SSSR count). The maximum Gasteiger partial charge on any atom is 0.221 e. The fraction of sp³-hybridized carbons (Fsp3) is 0.429. The summed E-state index contributed by atoms with van der Waals surface area (Å²) in [5.41, 5.74) is 0.731. The van der Waals surface area contributed by atoms with Crippen LogP contribution in [0.1, 0.15) is 19.8 Å². The molecular formula is C21H30IN5O2S. The van der Waals surface area contributed by atoms with Gasteiger partial charge in [-0.05, 0) is 42.5 Å². The second kappa shape index (κ2) is 12.6. The summed E-state index contributed by atoms with van der Waals surface area (Å²) in [7, 11) is 1.79. The molecule has 7 nitrogen and oxygen atoms in total. The molecule has 0 unspecified atom stereocenters. The van der Waals surface area contributed by atoms with E-state index in [0.717, 1.165) is 43.3 Å². The van der Waals surface area contributed by atoms with Gasteiger partial charge in [-0.25, -0.2) is 0 Å². The first-order chi connectivity index (χ1) is 14.1. The van der Waals surface area contributed by atoms with Crippen LogP contribution in [0.4, 0.5) is 10.7 Å². The predicted molar refractivity (Wildman–Crippen MR) is 136 cm³/mol. The van der Waals surface area contributed by atoms with Crippen LogP contribution in [-0.2, 0) is 4.79 Å². The molecule has 3 N–H and O–H groups in total. The molecule has 0 saturated carbocycles. The molecule has 2 heterocycles. The van der Waals surface area contributed by atoms with Crippen LogP contribution >= 0.6 is 35.3 Å². The zero-order valence-electron chi connectivity index (χ0n) is 17.4. The molecule has 164 valence electrons. The first-order valence-electron chi connectivity index (χ1n) is 9.90. The number of carbonyl (C=O) groups excluding carboxylic acids is 1. The maximum atomic E-state index is 11.1. The SMILES string of the molecule is CN=C(NCCOc1cccc(NC(C)=O)c1)NC1CCN(c2cccs2)CC1.I. The van der Waals surface area contributed by atoms with E-state index in [1.54, 1.807) is 18.4 Å². The Kier molecular flexibility index (Phi) is 10.2. The highest BCUT2D eigenvalue weighted by atomic mass is 127. The van der Waals surface area contributed by atoms with Crippen molar-refractivity contribution in [2.75, 3.05) is 43.5 Å². The third kappa shape index (κ3) is 7.67. The average molecular weight is 543 g/mol. The van der Waals surface area contributed by atoms with Gasteiger partial charge in [-0.1, -0.05) is 6.07 Å². The quantitative estimate of drug-likeness (QED) is 0.216. The molecule has 1 aliphatic rings. The summed E-state index contributed by atoms with van der Waals surface area (Å²) in [5.74, 6) is 1.43. The minimum Gasteiger partial charge on any atom is -0.492 e. The van der Waals surface area contributed by atoms with E-state index >= 15 is 0 Å². The maximum absolute atomic E-state index is 11.1. The van der Waals surface area contributed by atoms with Gasteiger partial charge in [-0.2, -0.15) is 0 Å². The zero-order valence-corrected chi connectivity index (χ0v) is 20.5. The van der Waals surface area contributed by atoms with Crippen LogP contribution in [0.2, 0.25) is 0 Å². The number of hydrogen-bond acceptors (Lipinski definition) is 5. The Hall–Kier alpha value is -2.01. The topological polar surface area (TPSA) is 78.0 Å². The normalized spacial score (nSPS) is 14.6. The molecule has 9 heteroatoms. The molecule has 1 fully saturated rings. The van der Waals surface area contributed by atoms with Crippen molar-refractivity contribution in [3.63, 3.8) is 0 Å². The summed E-state index contributed by atoms with van der Waals surface area (Å²) in [6.07, 6.45) is 2.18. The van der Waals surface area contributed by atoms with Gasteiger partial charge in [-0.3, -0.25) is 9.79 Å². The Bertz CT molecular complexity index is 807. The van der Waals surface area contributed by atoms with Crippen molar-refractivity contribution in [3.8, 4) is 5.75 Å². The van der Waals surface area contributed by atoms with Crippen molar-refractivity contribution in [1.82, 2.24) is 10.6 Å². The lowest BCUT2D eigenvalue weighted by Crippen LogP contribution is -2.49. The van der Waals surface area contributed by atoms with Crippen LogP contribution in [-0.4, -0.2) is 51.2 Å². The lowest BCUT2D eigenvalue weighted by atomic mass is 10.1. The third-order valence-electron chi connectivity index (χ3n) is 4.69. The van der Waals surface area contributed by atoms with Crippen LogP contribution < -0.4 is 25.6 Å². The van der Waals surface area contributed by atoms with Gasteiger partial charge < -0.3 is 25.6 Å². The Balaban J connectivity index is 0.00000320. The number of nitrogens with one attached hydrogen (secondary N) is 3. The highest BCUT2D eigenvalue weighted by molar-refractivity contribution is 14.0. The van der Waals surface area contributed by atoms with Crippen molar-refractivity contribution in [1.29, 1.82) is 0 Å². The first-order valence-corrected chi connectivity index (χ1v) is 10.8. The number of benzene rings is 1. The number of anilines is 2. The van der Waals surface area contributed by atoms with E-state index in [2.05, 4.69) is 43.4 Å². The van der Waals surface area contributed by atoms with E-state index in [0.29, 0.717) is 19.2 Å². The van der Waals surface area contributed by atoms with E-state index < -0.39 is 0 Å². The van der Waals surface area contributed by atoms with E-state index in [9.17, 15) is 4.79 Å². The summed E-state index contributed by atoms with van der Waals surface area (Å²) in [6, 6.07) is 12.1. The van der Waals surface area contributed by atoms with Crippen LogP contribution in [0, 0.1) is 0 Å². The average Bonchev–Trinajstić information content (AvgIpc) is 3.25. The fourth-order valence-corrected chi connectivity index (χ4v) is 4.07. The number of aliphatic imine (C=N–C) groups is 1. The van der Waals surface area contributed by atoms with E-state index in [4.69, 9.17) is 4.74 Å². The van der Waals surface area contributed by atoms with Gasteiger partial charge >= 0.3 is 0 Å². The van der Waals surface area contributed by atoms with Gasteiger partial charge in [0.2, 0.25) is 5.91 Å². The van der Waals surface area contributed by atoms with Gasteiger partial charge in [0.05, 0.1) is 11.5 Å². The van der Waals surface area contributed by atoms with Crippen molar-refractivity contribution in [2.24, 2.45) is 4.99 Å². The van der Waals surface area contributed by atoms with Crippen LogP contribution in [0.3, 0.4) is 0 Å². The molecule has 1 aromatic carbocycles. The molecule has 0 aliphatic carbocycles. The Morgan fingerprint density at radius 1 is 1.27 bits per heavy atom. The minimum atomic E-state index is -0.0973. The Morgan fingerprint density at radius 3 is 2.73 bits per heavy atom. The lowest BCUT2D eigenvalue weighted by molar-refractivity contribution is -0.114. The largest absolute Gasteiger partial charge is 0.492 e. The van der Waals surface area contributed by atoms with E-state index in [-0.39, 0.29) is 29.9 Å². The minimum absolute atomic E-state index is 0. The van der Waals surface area contributed by atoms with Gasteiger partial charge in [0.25, 0.3) is 0 Å². The van der Waals surface area contributed by atoms with E-state index in [1.807, 2.05) is 24.3 Å². The third-order valence-corrected chi connectivity index (χ3v) is 5.62. The highest BCUT2D eigenvalue weighted by Gasteiger charge is 2.20. The zero-order chi connectivity index (χ0) is 20.5. The molecule has 1 aliphatic heterocycles. The Labute approximate surface area is 199 Å². The van der Waals surface area contributed by atoms with Crippen LogP contribution in [0.15, 0.2) is 46.8 Å². The summed E-state index contributed by atoms with van der Waals surface area (Å²) in [6.45, 7) is 4.74. The number of guanidine groups is 1. The molecule has 0 atom stereocenters. The molecule has 30 heavy (non-hydrogen) atoms. The second-order valence-electron chi connectivity index (χ2n) is 6.91. The number of rotatable bonds is 7. The van der Waals surface area contributed by atoms with Crippen molar-refractivity contribution >= 4 is 57.9 Å². The predicted octanol–water partition coefficient (Wildman–Crippen LogP) is 3.54. The number of piperidine rings is 1. The molecule has 1 saturated heterocycles. The van der Waals surface area contributed by atoms with Crippen LogP contribution in [0.5, 0.6) is 5.75 Å². The van der Waals surface area contributed by atoms with Crippen molar-refractivity contribution < 1.29 is 9.53 Å². The first kappa shape index (κ1) is 24.3. The smallest absolute Gasteiger partial charge is 0.221 e. The van der Waals surface area contributed by atoms with Gasteiger partial charge in [-0.15, -0.1) is 35.3 Å². The van der Waals surface area contributed by atoms with Gasteiger partial charge in [0.15, 0.2) is 5.96 Å².